The molecule has 0 spiro atoms. The molecule has 0 radical (unpaired) electrons. The van der Waals surface area contributed by atoms with Crippen LogP contribution in [0.3, 0.4) is 0 Å². The van der Waals surface area contributed by atoms with Crippen LogP contribution < -0.4 is 5.73 Å². The highest BCUT2D eigenvalue weighted by Gasteiger charge is 2.33. The number of nitrogens with zero attached hydrogens (tertiary/aromatic N) is 1. The van der Waals surface area contributed by atoms with Crippen molar-refractivity contribution >= 4 is 0 Å². The molecule has 0 heterocycles. The summed E-state index contributed by atoms with van der Waals surface area (Å²) in [5.41, 5.74) is 5.96. The van der Waals surface area contributed by atoms with Gasteiger partial charge in [-0.1, -0.05) is 26.7 Å². The van der Waals surface area contributed by atoms with E-state index in [4.69, 9.17) is 5.73 Å². The van der Waals surface area contributed by atoms with Crippen LogP contribution in [0.5, 0.6) is 0 Å². The van der Waals surface area contributed by atoms with Gasteiger partial charge in [0.25, 0.3) is 0 Å². The Hall–Kier alpha value is -0.0800. The fourth-order valence-corrected chi connectivity index (χ4v) is 3.42. The van der Waals surface area contributed by atoms with Gasteiger partial charge in [0.05, 0.1) is 0 Å². The summed E-state index contributed by atoms with van der Waals surface area (Å²) >= 11 is 0. The van der Waals surface area contributed by atoms with Gasteiger partial charge in [-0.05, 0) is 62.9 Å². The van der Waals surface area contributed by atoms with Gasteiger partial charge in [-0.15, -0.1) is 0 Å². The van der Waals surface area contributed by atoms with Gasteiger partial charge >= 0.3 is 0 Å². The van der Waals surface area contributed by atoms with E-state index in [0.29, 0.717) is 0 Å². The maximum Gasteiger partial charge on any atom is 0.00965 e. The predicted molar refractivity (Wildman–Crippen MR) is 78.6 cm³/mol. The second-order valence-corrected chi connectivity index (χ2v) is 6.95. The number of hydrogen-bond donors (Lipinski definition) is 1. The minimum absolute atomic E-state index is 0.805. The Morgan fingerprint density at radius 1 is 1.06 bits per heavy atom. The molecule has 0 amide bonds. The fraction of sp³-hybridized carbons (Fsp3) is 1.00. The van der Waals surface area contributed by atoms with Crippen molar-refractivity contribution in [1.82, 2.24) is 4.90 Å². The highest BCUT2D eigenvalue weighted by Crippen LogP contribution is 2.34. The normalized spacial score (nSPS) is 29.2. The van der Waals surface area contributed by atoms with Gasteiger partial charge in [0.1, 0.15) is 0 Å². The molecule has 2 nitrogen and oxygen atoms in total. The molecule has 0 aliphatic heterocycles. The Balaban J connectivity index is 1.82. The molecule has 2 rings (SSSR count). The summed E-state index contributed by atoms with van der Waals surface area (Å²) in [5, 5.41) is 0. The largest absolute Gasteiger partial charge is 0.330 e. The Kier molecular flexibility index (Phi) is 5.50. The van der Waals surface area contributed by atoms with Crippen molar-refractivity contribution in [3.05, 3.63) is 0 Å². The molecule has 0 aromatic heterocycles. The smallest absolute Gasteiger partial charge is 0.00965 e. The van der Waals surface area contributed by atoms with Gasteiger partial charge in [0.2, 0.25) is 0 Å². The molecule has 2 heteroatoms. The van der Waals surface area contributed by atoms with Gasteiger partial charge in [0.15, 0.2) is 0 Å². The van der Waals surface area contributed by atoms with E-state index in [1.54, 1.807) is 0 Å². The molecule has 2 aliphatic carbocycles. The van der Waals surface area contributed by atoms with Crippen LogP contribution in [0.1, 0.15) is 58.8 Å². The molecule has 0 aromatic rings. The molecule has 18 heavy (non-hydrogen) atoms. The van der Waals surface area contributed by atoms with Crippen molar-refractivity contribution in [3.8, 4) is 0 Å². The first-order valence-corrected chi connectivity index (χ1v) is 8.14. The standard InChI is InChI=1S/C16H32N2/c1-13(2)9-10-18(16-7-8-16)12-15-6-4-3-5-14(15)11-17/h13-16H,3-12,17H2,1-2H3. The van der Waals surface area contributed by atoms with Crippen molar-refractivity contribution in [3.63, 3.8) is 0 Å². The summed E-state index contributed by atoms with van der Waals surface area (Å²) in [4.78, 5) is 2.79. The number of hydrogen-bond acceptors (Lipinski definition) is 2. The Labute approximate surface area is 113 Å². The van der Waals surface area contributed by atoms with Crippen molar-refractivity contribution in [2.75, 3.05) is 19.6 Å². The fourth-order valence-electron chi connectivity index (χ4n) is 3.42. The highest BCUT2D eigenvalue weighted by atomic mass is 15.2. The Morgan fingerprint density at radius 3 is 2.28 bits per heavy atom. The van der Waals surface area contributed by atoms with Crippen LogP contribution in [0.15, 0.2) is 0 Å². The first-order chi connectivity index (χ1) is 8.70. The lowest BCUT2D eigenvalue weighted by Crippen LogP contribution is -2.39. The minimum Gasteiger partial charge on any atom is -0.330 e. The molecule has 2 fully saturated rings. The maximum absolute atomic E-state index is 5.96. The van der Waals surface area contributed by atoms with Crippen molar-refractivity contribution in [1.29, 1.82) is 0 Å². The zero-order valence-corrected chi connectivity index (χ0v) is 12.4. The molecule has 106 valence electrons. The first kappa shape index (κ1) is 14.3. The van der Waals surface area contributed by atoms with Crippen LogP contribution in [0.2, 0.25) is 0 Å². The van der Waals surface area contributed by atoms with E-state index in [9.17, 15) is 0 Å². The molecule has 0 aromatic carbocycles. The molecule has 2 atom stereocenters. The molecular weight excluding hydrogens is 220 g/mol. The minimum atomic E-state index is 0.805. The third kappa shape index (κ3) is 4.24. The van der Waals surface area contributed by atoms with Crippen molar-refractivity contribution < 1.29 is 0 Å². The van der Waals surface area contributed by atoms with E-state index >= 15 is 0 Å². The third-order valence-corrected chi connectivity index (χ3v) is 4.90. The third-order valence-electron chi connectivity index (χ3n) is 4.90. The number of rotatable bonds is 7. The van der Waals surface area contributed by atoms with Gasteiger partial charge in [0, 0.05) is 12.6 Å². The molecule has 2 N–H and O–H groups in total. The SMILES string of the molecule is CC(C)CCN(CC1CCCCC1CN)C1CC1. The van der Waals surface area contributed by atoms with Gasteiger partial charge in [-0.25, -0.2) is 0 Å². The van der Waals surface area contributed by atoms with Crippen LogP contribution >= 0.6 is 0 Å². The quantitative estimate of drug-likeness (QED) is 0.753. The molecule has 0 saturated heterocycles. The molecule has 2 saturated carbocycles. The van der Waals surface area contributed by atoms with Crippen molar-refractivity contribution in [2.24, 2.45) is 23.5 Å². The lowest BCUT2D eigenvalue weighted by Gasteiger charge is -2.35. The average Bonchev–Trinajstić information content (AvgIpc) is 3.19. The first-order valence-electron chi connectivity index (χ1n) is 8.14. The Morgan fingerprint density at radius 2 is 1.72 bits per heavy atom. The van der Waals surface area contributed by atoms with E-state index in [-0.39, 0.29) is 0 Å². The number of nitrogens with two attached hydrogens (primary N) is 1. The van der Waals surface area contributed by atoms with Gasteiger partial charge in [-0.2, -0.15) is 0 Å². The van der Waals surface area contributed by atoms with Crippen LogP contribution in [-0.4, -0.2) is 30.6 Å². The Bertz CT molecular complexity index is 235. The topological polar surface area (TPSA) is 29.3 Å². The van der Waals surface area contributed by atoms with E-state index in [1.165, 1.54) is 58.0 Å². The van der Waals surface area contributed by atoms with E-state index < -0.39 is 0 Å². The van der Waals surface area contributed by atoms with E-state index in [2.05, 4.69) is 18.7 Å². The molecule has 2 aliphatic rings. The van der Waals surface area contributed by atoms with Crippen LogP contribution in [0.25, 0.3) is 0 Å². The summed E-state index contributed by atoms with van der Waals surface area (Å²) in [6.07, 6.45) is 9.89. The summed E-state index contributed by atoms with van der Waals surface area (Å²) in [6, 6.07) is 0.920. The van der Waals surface area contributed by atoms with Crippen LogP contribution in [0, 0.1) is 17.8 Å². The van der Waals surface area contributed by atoms with Gasteiger partial charge < -0.3 is 10.6 Å². The lowest BCUT2D eigenvalue weighted by atomic mass is 9.79. The second kappa shape index (κ2) is 6.91. The van der Waals surface area contributed by atoms with Crippen molar-refractivity contribution in [2.45, 2.75) is 64.8 Å². The highest BCUT2D eigenvalue weighted by molar-refractivity contribution is 4.88. The summed E-state index contributed by atoms with van der Waals surface area (Å²) in [5.74, 6) is 2.53. The second-order valence-electron chi connectivity index (χ2n) is 6.95. The van der Waals surface area contributed by atoms with Crippen LogP contribution in [0.4, 0.5) is 0 Å². The van der Waals surface area contributed by atoms with E-state index in [0.717, 1.165) is 30.3 Å². The van der Waals surface area contributed by atoms with E-state index in [1.807, 2.05) is 0 Å². The molecule has 2 unspecified atom stereocenters. The molecule has 0 bridgehead atoms. The summed E-state index contributed by atoms with van der Waals surface area (Å²) in [6.45, 7) is 8.24. The van der Waals surface area contributed by atoms with Crippen LogP contribution in [-0.2, 0) is 0 Å². The summed E-state index contributed by atoms with van der Waals surface area (Å²) in [7, 11) is 0. The lowest BCUT2D eigenvalue weighted by molar-refractivity contribution is 0.144. The van der Waals surface area contributed by atoms with Gasteiger partial charge in [-0.3, -0.25) is 0 Å². The zero-order chi connectivity index (χ0) is 13.0. The summed E-state index contributed by atoms with van der Waals surface area (Å²) < 4.78 is 0. The zero-order valence-electron chi connectivity index (χ0n) is 12.4. The maximum atomic E-state index is 5.96. The monoisotopic (exact) mass is 252 g/mol. The predicted octanol–water partition coefficient (Wildman–Crippen LogP) is 3.26. The average molecular weight is 252 g/mol. The molecular formula is C16H32N2.